The zero-order valence-corrected chi connectivity index (χ0v) is 14.0. The Bertz CT molecular complexity index is 707. The minimum absolute atomic E-state index is 0.175. The highest BCUT2D eigenvalue weighted by atomic mass is 32.1. The molecule has 0 aliphatic heterocycles. The van der Waals surface area contributed by atoms with Crippen molar-refractivity contribution >= 4 is 23.3 Å². The fraction of sp³-hybridized carbons (Fsp3) is 0.312. The van der Waals surface area contributed by atoms with Gasteiger partial charge in [-0.2, -0.15) is 0 Å². The Kier molecular flexibility index (Phi) is 5.27. The standard InChI is InChI=1S/C16H19N3O2S/c1-10-7-17-14(11(2)16(10)21-4)8-18-15(20)6-5-13-9-22-12(3)19-13/h5-7,9H,8H2,1-4H3,(H,18,20)/b6-5-. The number of pyridine rings is 1. The molecule has 0 radical (unpaired) electrons. The second-order valence-corrected chi connectivity index (χ2v) is 5.95. The molecule has 0 unspecified atom stereocenters. The van der Waals surface area contributed by atoms with Crippen LogP contribution in [0.2, 0.25) is 0 Å². The van der Waals surface area contributed by atoms with Crippen LogP contribution in [0.5, 0.6) is 5.75 Å². The van der Waals surface area contributed by atoms with Gasteiger partial charge in [-0.1, -0.05) is 0 Å². The van der Waals surface area contributed by atoms with Gasteiger partial charge < -0.3 is 10.1 Å². The molecule has 5 nitrogen and oxygen atoms in total. The van der Waals surface area contributed by atoms with Crippen LogP contribution in [-0.4, -0.2) is 23.0 Å². The van der Waals surface area contributed by atoms with Crippen LogP contribution in [0.1, 0.15) is 27.5 Å². The van der Waals surface area contributed by atoms with Crippen molar-refractivity contribution in [1.82, 2.24) is 15.3 Å². The molecule has 0 fully saturated rings. The van der Waals surface area contributed by atoms with E-state index >= 15 is 0 Å². The van der Waals surface area contributed by atoms with E-state index in [2.05, 4.69) is 15.3 Å². The van der Waals surface area contributed by atoms with E-state index in [0.717, 1.165) is 33.3 Å². The van der Waals surface area contributed by atoms with Gasteiger partial charge in [-0.3, -0.25) is 9.78 Å². The van der Waals surface area contributed by atoms with Crippen molar-refractivity contribution < 1.29 is 9.53 Å². The van der Waals surface area contributed by atoms with Crippen molar-refractivity contribution in [2.24, 2.45) is 0 Å². The molecule has 0 aliphatic rings. The van der Waals surface area contributed by atoms with Crippen LogP contribution >= 0.6 is 11.3 Å². The Hall–Kier alpha value is -2.21. The molecular weight excluding hydrogens is 298 g/mol. The third kappa shape index (κ3) is 3.92. The van der Waals surface area contributed by atoms with E-state index in [4.69, 9.17) is 4.74 Å². The Morgan fingerprint density at radius 3 is 2.82 bits per heavy atom. The van der Waals surface area contributed by atoms with Crippen LogP contribution in [-0.2, 0) is 11.3 Å². The Morgan fingerprint density at radius 1 is 1.41 bits per heavy atom. The van der Waals surface area contributed by atoms with Gasteiger partial charge in [0.05, 0.1) is 30.1 Å². The molecule has 0 bridgehead atoms. The Labute approximate surface area is 134 Å². The number of carbonyl (C=O) groups is 1. The molecule has 22 heavy (non-hydrogen) atoms. The van der Waals surface area contributed by atoms with E-state index in [1.54, 1.807) is 30.7 Å². The second-order valence-electron chi connectivity index (χ2n) is 4.89. The molecule has 0 aliphatic carbocycles. The maximum atomic E-state index is 11.8. The lowest BCUT2D eigenvalue weighted by Gasteiger charge is -2.12. The molecule has 2 aromatic rings. The maximum absolute atomic E-state index is 11.8. The summed E-state index contributed by atoms with van der Waals surface area (Å²) in [5.74, 6) is 0.638. The summed E-state index contributed by atoms with van der Waals surface area (Å²) < 4.78 is 5.36. The van der Waals surface area contributed by atoms with Crippen molar-refractivity contribution in [2.45, 2.75) is 27.3 Å². The highest BCUT2D eigenvalue weighted by Gasteiger charge is 2.09. The largest absolute Gasteiger partial charge is 0.496 e. The summed E-state index contributed by atoms with van der Waals surface area (Å²) in [7, 11) is 1.64. The lowest BCUT2D eigenvalue weighted by molar-refractivity contribution is -0.116. The molecule has 0 aromatic carbocycles. The first-order valence-corrected chi connectivity index (χ1v) is 7.76. The molecule has 116 valence electrons. The number of ether oxygens (including phenoxy) is 1. The molecule has 0 saturated heterocycles. The van der Waals surface area contributed by atoms with Gasteiger partial charge in [0, 0.05) is 28.8 Å². The highest BCUT2D eigenvalue weighted by molar-refractivity contribution is 7.09. The summed E-state index contributed by atoms with van der Waals surface area (Å²) in [6.07, 6.45) is 4.94. The average Bonchev–Trinajstić information content (AvgIpc) is 2.90. The quantitative estimate of drug-likeness (QED) is 0.861. The molecule has 2 aromatic heterocycles. The van der Waals surface area contributed by atoms with Gasteiger partial charge in [-0.15, -0.1) is 11.3 Å². The fourth-order valence-corrected chi connectivity index (χ4v) is 2.68. The van der Waals surface area contributed by atoms with E-state index < -0.39 is 0 Å². The third-order valence-corrected chi connectivity index (χ3v) is 4.01. The number of hydrogen-bond donors (Lipinski definition) is 1. The topological polar surface area (TPSA) is 64.1 Å². The van der Waals surface area contributed by atoms with E-state index in [1.807, 2.05) is 26.2 Å². The first-order chi connectivity index (χ1) is 10.5. The van der Waals surface area contributed by atoms with Crippen LogP contribution < -0.4 is 10.1 Å². The third-order valence-electron chi connectivity index (χ3n) is 3.22. The van der Waals surface area contributed by atoms with Gasteiger partial charge in [-0.25, -0.2) is 4.98 Å². The number of rotatable bonds is 5. The molecule has 0 spiro atoms. The maximum Gasteiger partial charge on any atom is 0.244 e. The van der Waals surface area contributed by atoms with Gasteiger partial charge >= 0.3 is 0 Å². The molecule has 2 rings (SSSR count). The smallest absolute Gasteiger partial charge is 0.244 e. The Balaban J connectivity index is 1.98. The number of thiazole rings is 1. The van der Waals surface area contributed by atoms with E-state index in [9.17, 15) is 4.79 Å². The minimum atomic E-state index is -0.175. The summed E-state index contributed by atoms with van der Waals surface area (Å²) in [5.41, 5.74) is 3.52. The number of amides is 1. The van der Waals surface area contributed by atoms with Gasteiger partial charge in [0.1, 0.15) is 5.75 Å². The number of nitrogens with one attached hydrogen (secondary N) is 1. The molecule has 2 heterocycles. The molecule has 1 N–H and O–H groups in total. The first-order valence-electron chi connectivity index (χ1n) is 6.88. The predicted molar refractivity (Wildman–Crippen MR) is 88.0 cm³/mol. The zero-order chi connectivity index (χ0) is 16.1. The monoisotopic (exact) mass is 317 g/mol. The first kappa shape index (κ1) is 16.2. The highest BCUT2D eigenvalue weighted by Crippen LogP contribution is 2.23. The predicted octanol–water partition coefficient (Wildman–Crippen LogP) is 2.80. The summed E-state index contributed by atoms with van der Waals surface area (Å²) in [5, 5.41) is 5.71. The van der Waals surface area contributed by atoms with Crippen molar-refractivity contribution in [3.63, 3.8) is 0 Å². The summed E-state index contributed by atoms with van der Waals surface area (Å²) in [6, 6.07) is 0. The molecule has 0 atom stereocenters. The second kappa shape index (κ2) is 7.17. The van der Waals surface area contributed by atoms with Gasteiger partial charge in [-0.05, 0) is 26.8 Å². The van der Waals surface area contributed by atoms with Gasteiger partial charge in [0.25, 0.3) is 0 Å². The molecular formula is C16H19N3O2S. The van der Waals surface area contributed by atoms with Crippen LogP contribution in [0.15, 0.2) is 17.7 Å². The van der Waals surface area contributed by atoms with E-state index in [0.29, 0.717) is 6.54 Å². The molecule has 1 amide bonds. The molecule has 6 heteroatoms. The van der Waals surface area contributed by atoms with Gasteiger partial charge in [0.15, 0.2) is 0 Å². The fourth-order valence-electron chi connectivity index (χ4n) is 2.10. The number of hydrogen-bond acceptors (Lipinski definition) is 5. The van der Waals surface area contributed by atoms with Crippen molar-refractivity contribution in [2.75, 3.05) is 7.11 Å². The lowest BCUT2D eigenvalue weighted by atomic mass is 10.1. The SMILES string of the molecule is COc1c(C)cnc(CNC(=O)/C=C\c2csc(C)n2)c1C. The Morgan fingerprint density at radius 2 is 2.18 bits per heavy atom. The van der Waals surface area contributed by atoms with Crippen molar-refractivity contribution in [3.05, 3.63) is 45.2 Å². The number of nitrogens with zero attached hydrogens (tertiary/aromatic N) is 2. The summed E-state index contributed by atoms with van der Waals surface area (Å²) >= 11 is 1.56. The van der Waals surface area contributed by atoms with E-state index in [1.165, 1.54) is 6.08 Å². The number of methoxy groups -OCH3 is 1. The lowest BCUT2D eigenvalue weighted by Crippen LogP contribution is -2.21. The summed E-state index contributed by atoms with van der Waals surface area (Å²) in [4.78, 5) is 20.5. The number of carbonyl (C=O) groups excluding carboxylic acids is 1. The summed E-state index contributed by atoms with van der Waals surface area (Å²) in [6.45, 7) is 6.18. The zero-order valence-electron chi connectivity index (χ0n) is 13.1. The van der Waals surface area contributed by atoms with Gasteiger partial charge in [0.2, 0.25) is 5.91 Å². The minimum Gasteiger partial charge on any atom is -0.496 e. The number of aryl methyl sites for hydroxylation is 2. The van der Waals surface area contributed by atoms with Crippen LogP contribution in [0.4, 0.5) is 0 Å². The normalized spacial score (nSPS) is 10.9. The van der Waals surface area contributed by atoms with Crippen molar-refractivity contribution in [1.29, 1.82) is 0 Å². The average molecular weight is 317 g/mol. The van der Waals surface area contributed by atoms with Crippen LogP contribution in [0, 0.1) is 20.8 Å². The van der Waals surface area contributed by atoms with Crippen LogP contribution in [0.25, 0.3) is 6.08 Å². The van der Waals surface area contributed by atoms with Crippen LogP contribution in [0.3, 0.4) is 0 Å². The van der Waals surface area contributed by atoms with E-state index in [-0.39, 0.29) is 5.91 Å². The number of aromatic nitrogens is 2. The molecule has 0 saturated carbocycles. The van der Waals surface area contributed by atoms with Crippen molar-refractivity contribution in [3.8, 4) is 5.75 Å².